The van der Waals surface area contributed by atoms with Crippen molar-refractivity contribution in [3.05, 3.63) is 28.5 Å². The van der Waals surface area contributed by atoms with Crippen LogP contribution in [0.4, 0.5) is 0 Å². The van der Waals surface area contributed by atoms with Gasteiger partial charge in [0.1, 0.15) is 4.60 Å². The highest BCUT2D eigenvalue weighted by Crippen LogP contribution is 2.59. The number of aliphatic hydroxyl groups is 1. The molecule has 5 nitrogen and oxygen atoms in total. The standard InChI is InChI=1S/C10H15BrNO4P/c1-3-15-17(14,16-4-2)10(13)8-6-5-7-9(11)12-8/h5-7,10,13H,3-4H2,1-2H3. The Hall–Kier alpha value is -0.260. The third-order valence-corrected chi connectivity index (χ3v) is 4.46. The predicted molar refractivity (Wildman–Crippen MR) is 67.8 cm³/mol. The van der Waals surface area contributed by atoms with Gasteiger partial charge < -0.3 is 14.2 Å². The first kappa shape index (κ1) is 14.8. The summed E-state index contributed by atoms with van der Waals surface area (Å²) in [5.41, 5.74) is 0.254. The molecule has 17 heavy (non-hydrogen) atoms. The normalized spacial score (nSPS) is 13.6. The Kier molecular flexibility index (Phi) is 5.76. The average molecular weight is 324 g/mol. The van der Waals surface area contributed by atoms with Crippen LogP contribution in [0.1, 0.15) is 25.4 Å². The minimum absolute atomic E-state index is 0.197. The second-order valence-corrected chi connectivity index (χ2v) is 6.03. The molecular formula is C10H15BrNO4P. The Bertz CT molecular complexity index is 405. The Labute approximate surface area is 109 Å². The van der Waals surface area contributed by atoms with E-state index in [1.807, 2.05) is 0 Å². The number of halogens is 1. The van der Waals surface area contributed by atoms with Gasteiger partial charge in [-0.15, -0.1) is 0 Å². The van der Waals surface area contributed by atoms with E-state index in [0.29, 0.717) is 4.60 Å². The molecule has 0 aromatic carbocycles. The van der Waals surface area contributed by atoms with Crippen LogP contribution in [0, 0.1) is 0 Å². The molecule has 1 rings (SSSR count). The zero-order chi connectivity index (χ0) is 12.9. The van der Waals surface area contributed by atoms with Crippen molar-refractivity contribution in [2.24, 2.45) is 0 Å². The summed E-state index contributed by atoms with van der Waals surface area (Å²) in [6.07, 6.45) is 0. The van der Waals surface area contributed by atoms with E-state index in [-0.39, 0.29) is 18.9 Å². The monoisotopic (exact) mass is 323 g/mol. The van der Waals surface area contributed by atoms with Gasteiger partial charge in [0.25, 0.3) is 0 Å². The molecule has 0 aliphatic heterocycles. The number of pyridine rings is 1. The van der Waals surface area contributed by atoms with Gasteiger partial charge in [-0.3, -0.25) is 4.57 Å². The molecule has 0 aliphatic rings. The van der Waals surface area contributed by atoms with E-state index >= 15 is 0 Å². The van der Waals surface area contributed by atoms with E-state index in [4.69, 9.17) is 9.05 Å². The van der Waals surface area contributed by atoms with Crippen LogP contribution >= 0.6 is 23.5 Å². The summed E-state index contributed by atoms with van der Waals surface area (Å²) in [5.74, 6) is -1.38. The number of hydrogen-bond acceptors (Lipinski definition) is 5. The molecular weight excluding hydrogens is 309 g/mol. The molecule has 96 valence electrons. The summed E-state index contributed by atoms with van der Waals surface area (Å²) in [4.78, 5) is 4.04. The zero-order valence-electron chi connectivity index (χ0n) is 9.67. The van der Waals surface area contributed by atoms with E-state index in [0.717, 1.165) is 0 Å². The molecule has 1 atom stereocenters. The SMILES string of the molecule is CCOP(=O)(OCC)C(O)c1cccc(Br)n1. The molecule has 1 unspecified atom stereocenters. The van der Waals surface area contributed by atoms with Crippen LogP contribution in [0.5, 0.6) is 0 Å². The zero-order valence-corrected chi connectivity index (χ0v) is 12.1. The molecule has 0 saturated carbocycles. The fraction of sp³-hybridized carbons (Fsp3) is 0.500. The van der Waals surface area contributed by atoms with Crippen LogP contribution in [0.15, 0.2) is 22.8 Å². The van der Waals surface area contributed by atoms with E-state index in [1.165, 1.54) is 0 Å². The third-order valence-electron chi connectivity index (χ3n) is 1.92. The van der Waals surface area contributed by atoms with Gasteiger partial charge in [0, 0.05) is 0 Å². The lowest BCUT2D eigenvalue weighted by atomic mass is 10.4. The lowest BCUT2D eigenvalue weighted by molar-refractivity contribution is 0.148. The van der Waals surface area contributed by atoms with Crippen molar-refractivity contribution < 1.29 is 18.7 Å². The third kappa shape index (κ3) is 3.86. The van der Waals surface area contributed by atoms with E-state index in [9.17, 15) is 9.67 Å². The van der Waals surface area contributed by atoms with Crippen molar-refractivity contribution >= 4 is 23.5 Å². The molecule has 0 spiro atoms. The van der Waals surface area contributed by atoms with Gasteiger partial charge in [0.15, 0.2) is 5.85 Å². The van der Waals surface area contributed by atoms with Crippen LogP contribution in [0.2, 0.25) is 0 Å². The number of nitrogens with zero attached hydrogens (tertiary/aromatic N) is 1. The Morgan fingerprint density at radius 2 is 2.00 bits per heavy atom. The Morgan fingerprint density at radius 3 is 2.47 bits per heavy atom. The number of hydrogen-bond donors (Lipinski definition) is 1. The maximum Gasteiger partial charge on any atom is 0.365 e. The highest BCUT2D eigenvalue weighted by Gasteiger charge is 2.36. The maximum atomic E-state index is 12.3. The molecule has 1 aromatic rings. The summed E-state index contributed by atoms with van der Waals surface area (Å²) in [5, 5.41) is 10.0. The predicted octanol–water partition coefficient (Wildman–Crippen LogP) is 3.10. The maximum absolute atomic E-state index is 12.3. The Morgan fingerprint density at radius 1 is 1.41 bits per heavy atom. The largest absolute Gasteiger partial charge is 0.375 e. The number of aromatic nitrogens is 1. The summed E-state index contributed by atoms with van der Waals surface area (Å²) in [6.45, 7) is 3.77. The van der Waals surface area contributed by atoms with Crippen molar-refractivity contribution in [3.63, 3.8) is 0 Å². The van der Waals surface area contributed by atoms with Crippen LogP contribution < -0.4 is 0 Å². The minimum Gasteiger partial charge on any atom is -0.375 e. The molecule has 0 fully saturated rings. The smallest absolute Gasteiger partial charge is 0.365 e. The highest BCUT2D eigenvalue weighted by atomic mass is 79.9. The molecule has 0 bridgehead atoms. The molecule has 0 saturated heterocycles. The van der Waals surface area contributed by atoms with Gasteiger partial charge in [0.05, 0.1) is 18.9 Å². The molecule has 0 aliphatic carbocycles. The number of rotatable bonds is 6. The molecule has 7 heteroatoms. The lowest BCUT2D eigenvalue weighted by Crippen LogP contribution is -2.07. The summed E-state index contributed by atoms with van der Waals surface area (Å²) in [7, 11) is -3.58. The van der Waals surface area contributed by atoms with Crippen molar-refractivity contribution in [2.45, 2.75) is 19.7 Å². The Balaban J connectivity index is 2.99. The quantitative estimate of drug-likeness (QED) is 0.643. The van der Waals surface area contributed by atoms with Gasteiger partial charge >= 0.3 is 7.60 Å². The molecule has 1 aromatic heterocycles. The van der Waals surface area contributed by atoms with Crippen LogP contribution in [-0.2, 0) is 13.6 Å². The van der Waals surface area contributed by atoms with Crippen molar-refractivity contribution in [3.8, 4) is 0 Å². The van der Waals surface area contributed by atoms with Crippen molar-refractivity contribution in [2.75, 3.05) is 13.2 Å². The van der Waals surface area contributed by atoms with Crippen LogP contribution in [0.3, 0.4) is 0 Å². The van der Waals surface area contributed by atoms with Crippen molar-refractivity contribution in [1.29, 1.82) is 0 Å². The van der Waals surface area contributed by atoms with E-state index in [2.05, 4.69) is 20.9 Å². The van der Waals surface area contributed by atoms with E-state index < -0.39 is 13.4 Å². The topological polar surface area (TPSA) is 68.7 Å². The second-order valence-electron chi connectivity index (χ2n) is 3.13. The van der Waals surface area contributed by atoms with Crippen LogP contribution in [0.25, 0.3) is 0 Å². The van der Waals surface area contributed by atoms with Crippen molar-refractivity contribution in [1.82, 2.24) is 4.98 Å². The first-order valence-corrected chi connectivity index (χ1v) is 7.63. The molecule has 0 radical (unpaired) electrons. The van der Waals surface area contributed by atoms with Crippen LogP contribution in [-0.4, -0.2) is 23.3 Å². The first-order valence-electron chi connectivity index (χ1n) is 5.22. The number of aliphatic hydroxyl groups excluding tert-OH is 1. The fourth-order valence-electron chi connectivity index (χ4n) is 1.27. The summed E-state index contributed by atoms with van der Waals surface area (Å²) in [6, 6.07) is 4.97. The second kappa shape index (κ2) is 6.61. The summed E-state index contributed by atoms with van der Waals surface area (Å²) >= 11 is 3.18. The molecule has 1 heterocycles. The molecule has 0 amide bonds. The highest BCUT2D eigenvalue weighted by molar-refractivity contribution is 9.10. The van der Waals surface area contributed by atoms with Gasteiger partial charge in [-0.1, -0.05) is 6.07 Å². The average Bonchev–Trinajstić information content (AvgIpc) is 2.28. The first-order chi connectivity index (χ1) is 8.03. The lowest BCUT2D eigenvalue weighted by Gasteiger charge is -2.21. The van der Waals surface area contributed by atoms with Gasteiger partial charge in [-0.2, -0.15) is 0 Å². The summed E-state index contributed by atoms with van der Waals surface area (Å²) < 4.78 is 22.9. The molecule has 1 N–H and O–H groups in total. The van der Waals surface area contributed by atoms with Gasteiger partial charge in [-0.25, -0.2) is 4.98 Å². The minimum atomic E-state index is -3.58. The fourth-order valence-corrected chi connectivity index (χ4v) is 3.17. The van der Waals surface area contributed by atoms with Gasteiger partial charge in [-0.05, 0) is 41.9 Å². The van der Waals surface area contributed by atoms with Gasteiger partial charge in [0.2, 0.25) is 0 Å². The van der Waals surface area contributed by atoms with E-state index in [1.54, 1.807) is 32.0 Å².